The number of carbonyl (C=O) groups is 1. The van der Waals surface area contributed by atoms with Gasteiger partial charge in [-0.25, -0.2) is 9.97 Å². The van der Waals surface area contributed by atoms with Crippen LogP contribution < -0.4 is 5.32 Å². The second-order valence-corrected chi connectivity index (χ2v) is 8.70. The van der Waals surface area contributed by atoms with Crippen molar-refractivity contribution >= 4 is 39.2 Å². The summed E-state index contributed by atoms with van der Waals surface area (Å²) in [4.78, 5) is 24.0. The van der Waals surface area contributed by atoms with Crippen molar-refractivity contribution in [3.8, 4) is 0 Å². The van der Waals surface area contributed by atoms with Crippen LogP contribution in [0.4, 0.5) is 0 Å². The highest BCUT2D eigenvalue weighted by atomic mass is 32.2. The molecule has 122 valence electrons. The van der Waals surface area contributed by atoms with Gasteiger partial charge in [0.2, 0.25) is 5.91 Å². The maximum absolute atomic E-state index is 11.6. The minimum absolute atomic E-state index is 0.0486. The molecule has 0 aromatic carbocycles. The zero-order valence-corrected chi connectivity index (χ0v) is 15.1. The lowest BCUT2D eigenvalue weighted by molar-refractivity contribution is -0.118. The van der Waals surface area contributed by atoms with Crippen molar-refractivity contribution in [2.45, 2.75) is 50.0 Å². The zero-order valence-electron chi connectivity index (χ0n) is 13.5. The Hall–Kier alpha value is -1.14. The van der Waals surface area contributed by atoms with E-state index in [1.54, 1.807) is 18.8 Å². The molecule has 23 heavy (non-hydrogen) atoms. The van der Waals surface area contributed by atoms with E-state index in [2.05, 4.69) is 12.2 Å². The van der Waals surface area contributed by atoms with Gasteiger partial charge in [0.1, 0.15) is 15.7 Å². The number of carbonyl (C=O) groups excluding carboxylic acids is 1. The molecule has 2 aliphatic rings. The third kappa shape index (κ3) is 2.98. The number of nitrogens with one attached hydrogen (secondary N) is 1. The number of nitrogens with zero attached hydrogens (tertiary/aromatic N) is 2. The number of amides is 1. The molecule has 2 aromatic heterocycles. The Morgan fingerprint density at radius 3 is 2.91 bits per heavy atom. The number of hydrogen-bond donors (Lipinski definition) is 1. The molecule has 0 radical (unpaired) electrons. The summed E-state index contributed by atoms with van der Waals surface area (Å²) in [7, 11) is 1.68. The van der Waals surface area contributed by atoms with E-state index in [0.29, 0.717) is 11.7 Å². The van der Waals surface area contributed by atoms with Crippen molar-refractivity contribution in [1.82, 2.24) is 15.3 Å². The molecule has 1 saturated carbocycles. The smallest absolute Gasteiger partial charge is 0.230 e. The molecule has 0 aliphatic heterocycles. The maximum Gasteiger partial charge on any atom is 0.230 e. The van der Waals surface area contributed by atoms with E-state index < -0.39 is 0 Å². The third-order valence-corrected chi connectivity index (χ3v) is 6.82. The largest absolute Gasteiger partial charge is 0.358 e. The van der Waals surface area contributed by atoms with E-state index in [-0.39, 0.29) is 5.91 Å². The number of thioether (sulfide) groups is 1. The molecular weight excluding hydrogens is 326 g/mol. The molecule has 1 atom stereocenters. The predicted octanol–water partition coefficient (Wildman–Crippen LogP) is 3.53. The van der Waals surface area contributed by atoms with Crippen LogP contribution in [0.25, 0.3) is 10.2 Å². The van der Waals surface area contributed by atoms with Crippen LogP contribution in [0.1, 0.15) is 48.4 Å². The lowest BCUT2D eigenvalue weighted by Gasteiger charge is -2.18. The van der Waals surface area contributed by atoms with Crippen molar-refractivity contribution < 1.29 is 4.79 Å². The van der Waals surface area contributed by atoms with Gasteiger partial charge in [0.05, 0.1) is 5.75 Å². The highest BCUT2D eigenvalue weighted by Crippen LogP contribution is 2.44. The average Bonchev–Trinajstić information content (AvgIpc) is 3.33. The van der Waals surface area contributed by atoms with Crippen LogP contribution >= 0.6 is 23.1 Å². The average molecular weight is 348 g/mol. The lowest BCUT2D eigenvalue weighted by Crippen LogP contribution is -2.19. The first-order valence-electron chi connectivity index (χ1n) is 8.31. The molecule has 0 bridgehead atoms. The molecule has 4 nitrogen and oxygen atoms in total. The summed E-state index contributed by atoms with van der Waals surface area (Å²) in [6, 6.07) is 0. The van der Waals surface area contributed by atoms with Crippen LogP contribution in [0, 0.1) is 5.92 Å². The molecule has 0 saturated heterocycles. The first-order valence-corrected chi connectivity index (χ1v) is 10.1. The summed E-state index contributed by atoms with van der Waals surface area (Å²) in [5.41, 5.74) is 1.45. The van der Waals surface area contributed by atoms with Crippen molar-refractivity contribution in [3.63, 3.8) is 0 Å². The van der Waals surface area contributed by atoms with Gasteiger partial charge >= 0.3 is 0 Å². The Kier molecular flexibility index (Phi) is 4.05. The normalized spacial score (nSPS) is 20.5. The van der Waals surface area contributed by atoms with Crippen LogP contribution in [-0.4, -0.2) is 28.7 Å². The maximum atomic E-state index is 11.6. The summed E-state index contributed by atoms with van der Waals surface area (Å²) in [5, 5.41) is 4.95. The molecule has 1 amide bonds. The van der Waals surface area contributed by atoms with Gasteiger partial charge < -0.3 is 5.32 Å². The van der Waals surface area contributed by atoms with E-state index in [9.17, 15) is 4.79 Å². The summed E-state index contributed by atoms with van der Waals surface area (Å²) in [6.07, 6.45) is 5.92. The fraction of sp³-hybridized carbons (Fsp3) is 0.588. The second kappa shape index (κ2) is 6.06. The Balaban J connectivity index is 1.78. The van der Waals surface area contributed by atoms with Gasteiger partial charge in [-0.2, -0.15) is 0 Å². The summed E-state index contributed by atoms with van der Waals surface area (Å²) >= 11 is 3.42. The molecule has 1 fully saturated rings. The number of aryl methyl sites for hydroxylation is 1. The number of aromatic nitrogens is 2. The van der Waals surface area contributed by atoms with E-state index in [4.69, 9.17) is 9.97 Å². The standard InChI is InChI=1S/C17H21N3OS2/c1-9-3-6-11-12(7-9)23-17-14(11)16(22-8-13(21)18-2)19-15(20-17)10-4-5-10/h9-10H,3-8H2,1-2H3,(H,18,21)/t9-/m1/s1. The van der Waals surface area contributed by atoms with Gasteiger partial charge in [0, 0.05) is 23.2 Å². The van der Waals surface area contributed by atoms with Gasteiger partial charge in [-0.1, -0.05) is 18.7 Å². The molecule has 1 N–H and O–H groups in total. The SMILES string of the molecule is CNC(=O)CSc1nc(C2CC2)nc2sc3c(c12)CC[C@@H](C)C3. The quantitative estimate of drug-likeness (QED) is 0.679. The van der Waals surface area contributed by atoms with Crippen LogP contribution in [0.5, 0.6) is 0 Å². The van der Waals surface area contributed by atoms with Crippen molar-refractivity contribution in [3.05, 3.63) is 16.3 Å². The number of fused-ring (bicyclic) bond motifs is 3. The Morgan fingerprint density at radius 1 is 1.35 bits per heavy atom. The van der Waals surface area contributed by atoms with Crippen LogP contribution in [0.2, 0.25) is 0 Å². The molecular formula is C17H21N3OS2. The first-order chi connectivity index (χ1) is 11.2. The number of hydrogen-bond acceptors (Lipinski definition) is 5. The second-order valence-electron chi connectivity index (χ2n) is 6.65. The monoisotopic (exact) mass is 347 g/mol. The fourth-order valence-corrected chi connectivity index (χ4v) is 5.55. The third-order valence-electron chi connectivity index (χ3n) is 4.70. The van der Waals surface area contributed by atoms with Gasteiger partial charge in [-0.05, 0) is 43.6 Å². The summed E-state index contributed by atoms with van der Waals surface area (Å²) in [6.45, 7) is 2.33. The minimum atomic E-state index is 0.0486. The molecule has 4 rings (SSSR count). The topological polar surface area (TPSA) is 54.9 Å². The Morgan fingerprint density at radius 2 is 2.17 bits per heavy atom. The number of rotatable bonds is 4. The van der Waals surface area contributed by atoms with Crippen molar-refractivity contribution in [2.75, 3.05) is 12.8 Å². The molecule has 6 heteroatoms. The zero-order chi connectivity index (χ0) is 16.0. The minimum Gasteiger partial charge on any atom is -0.358 e. The summed E-state index contributed by atoms with van der Waals surface area (Å²) < 4.78 is 0. The Labute approximate surface area is 144 Å². The van der Waals surface area contributed by atoms with E-state index >= 15 is 0 Å². The molecule has 2 aromatic rings. The van der Waals surface area contributed by atoms with Crippen LogP contribution in [0.15, 0.2) is 5.03 Å². The van der Waals surface area contributed by atoms with E-state index in [1.165, 1.54) is 35.1 Å². The lowest BCUT2D eigenvalue weighted by atomic mass is 9.89. The van der Waals surface area contributed by atoms with Crippen LogP contribution in [-0.2, 0) is 17.6 Å². The highest BCUT2D eigenvalue weighted by molar-refractivity contribution is 8.00. The van der Waals surface area contributed by atoms with E-state index in [0.717, 1.165) is 34.4 Å². The molecule has 0 spiro atoms. The van der Waals surface area contributed by atoms with Crippen molar-refractivity contribution in [1.29, 1.82) is 0 Å². The fourth-order valence-electron chi connectivity index (χ4n) is 3.16. The van der Waals surface area contributed by atoms with Crippen LogP contribution in [0.3, 0.4) is 0 Å². The van der Waals surface area contributed by atoms with Gasteiger partial charge in [-0.15, -0.1) is 11.3 Å². The predicted molar refractivity (Wildman–Crippen MR) is 95.4 cm³/mol. The van der Waals surface area contributed by atoms with Gasteiger partial charge in [0.25, 0.3) is 0 Å². The van der Waals surface area contributed by atoms with Crippen molar-refractivity contribution in [2.24, 2.45) is 5.92 Å². The molecule has 0 unspecified atom stereocenters. The van der Waals surface area contributed by atoms with Gasteiger partial charge in [-0.3, -0.25) is 4.79 Å². The van der Waals surface area contributed by atoms with E-state index in [1.807, 2.05) is 11.3 Å². The number of thiophene rings is 1. The summed E-state index contributed by atoms with van der Waals surface area (Å²) in [5.74, 6) is 2.76. The highest BCUT2D eigenvalue weighted by Gasteiger charge is 2.30. The first kappa shape index (κ1) is 15.4. The Bertz CT molecular complexity index is 767. The van der Waals surface area contributed by atoms with Gasteiger partial charge in [0.15, 0.2) is 0 Å². The molecule has 2 aliphatic carbocycles. The molecule has 2 heterocycles.